The summed E-state index contributed by atoms with van der Waals surface area (Å²) >= 11 is 0. The van der Waals surface area contributed by atoms with Gasteiger partial charge in [-0.25, -0.2) is 0 Å². The molecule has 0 spiro atoms. The van der Waals surface area contributed by atoms with Crippen LogP contribution in [-0.4, -0.2) is 12.0 Å². The third-order valence-corrected chi connectivity index (χ3v) is 25.5. The van der Waals surface area contributed by atoms with E-state index in [9.17, 15) is 10.1 Å². The summed E-state index contributed by atoms with van der Waals surface area (Å²) in [6.07, 6.45) is 0. The number of hydrogen-bond acceptors (Lipinski definition) is 7. The van der Waals surface area contributed by atoms with Crippen molar-refractivity contribution < 1.29 is 23.9 Å². The number of nitrogens with zero attached hydrogens (tertiary/aromatic N) is 2. The molecular formula is C119H78N2O6. The van der Waals surface area contributed by atoms with Crippen LogP contribution >= 0.6 is 0 Å². The van der Waals surface area contributed by atoms with Crippen molar-refractivity contribution in [3.05, 3.63) is 503 Å². The highest BCUT2D eigenvalue weighted by molar-refractivity contribution is 5.99. The van der Waals surface area contributed by atoms with Gasteiger partial charge in [0.2, 0.25) is 0 Å². The maximum absolute atomic E-state index is 11.0. The number of hydrogen-bond donors (Lipinski definition) is 0. The fourth-order valence-electron chi connectivity index (χ4n) is 19.2. The summed E-state index contributed by atoms with van der Waals surface area (Å²) in [5.74, 6) is 6.46. The van der Waals surface area contributed by atoms with Gasteiger partial charge in [-0.3, -0.25) is 10.1 Å². The minimum Gasteiger partial charge on any atom is -0.497 e. The van der Waals surface area contributed by atoms with Gasteiger partial charge in [0, 0.05) is 63.3 Å². The van der Waals surface area contributed by atoms with E-state index in [4.69, 9.17) is 24.2 Å². The highest BCUT2D eigenvalue weighted by Crippen LogP contribution is 2.57. The molecule has 0 bridgehead atoms. The van der Waals surface area contributed by atoms with E-state index >= 15 is 0 Å². The van der Waals surface area contributed by atoms with Crippen LogP contribution in [0.1, 0.15) is 73.4 Å². The molecule has 21 aromatic carbocycles. The number of nitro benzene ring substituents is 1. The van der Waals surface area contributed by atoms with Crippen LogP contribution in [0.25, 0.3) is 131 Å². The van der Waals surface area contributed by atoms with Gasteiger partial charge >= 0.3 is 0 Å². The van der Waals surface area contributed by atoms with E-state index in [-0.39, 0.29) is 28.4 Å². The molecule has 3 heterocycles. The van der Waals surface area contributed by atoms with Gasteiger partial charge in [0.15, 0.2) is 0 Å². The highest BCUT2D eigenvalue weighted by Gasteiger charge is 2.36. The van der Waals surface area contributed by atoms with Crippen LogP contribution in [0.4, 0.5) is 5.69 Å². The van der Waals surface area contributed by atoms with E-state index in [0.29, 0.717) is 5.56 Å². The molecule has 0 saturated heterocycles. The second-order valence-corrected chi connectivity index (χ2v) is 32.6. The Hall–Kier alpha value is -16.7. The third-order valence-electron chi connectivity index (χ3n) is 25.5. The van der Waals surface area contributed by atoms with Gasteiger partial charge in [-0.2, -0.15) is 5.26 Å². The Balaban J connectivity index is 0.000000112. The molecule has 0 atom stereocenters. The van der Waals surface area contributed by atoms with E-state index in [2.05, 4.69) is 382 Å². The van der Waals surface area contributed by atoms with Crippen molar-refractivity contribution in [1.29, 1.82) is 5.26 Å². The van der Waals surface area contributed by atoms with Gasteiger partial charge in [0.1, 0.15) is 40.2 Å². The highest BCUT2D eigenvalue weighted by atomic mass is 16.6. The predicted molar refractivity (Wildman–Crippen MR) is 517 cm³/mol. The van der Waals surface area contributed by atoms with Crippen molar-refractivity contribution in [1.82, 2.24) is 0 Å². The Morgan fingerprint density at radius 3 is 0.638 bits per heavy atom. The summed E-state index contributed by atoms with van der Waals surface area (Å²) < 4.78 is 25.1. The average molecular weight is 1630 g/mol. The molecule has 0 aromatic heterocycles. The van der Waals surface area contributed by atoms with Crippen LogP contribution in [0, 0.1) is 21.4 Å². The summed E-state index contributed by atoms with van der Waals surface area (Å²) in [6, 6.07) is 155. The molecule has 0 radical (unpaired) electrons. The van der Waals surface area contributed by atoms with Gasteiger partial charge in [0.05, 0.1) is 23.7 Å². The Bertz CT molecular complexity index is 7630. The first-order valence-corrected chi connectivity index (χ1v) is 42.8. The molecule has 0 N–H and O–H groups in total. The SMILES string of the molecule is COc1ccc(-c2ccc(-c3ccc(C4c5c(ccc6ccccc56)Oc5ccc6ccccc6c54)cc3)cc2)cc1.N#Cc1ccc(-c2ccc(-c3ccc(C4c5c(ccc6ccccc56)Oc5ccc6ccccc6c54)cc3)cc2)cc1.O=[N+]([O-])c1ccc(-c2ccc(-c3ccc(C4c5c(ccc6ccccc56)Oc5ccc6ccccc6c54)cc3)cc2)cc1. The quantitative estimate of drug-likeness (QED) is 0.0938. The molecule has 24 rings (SSSR count). The Kier molecular flexibility index (Phi) is 19.6. The molecule has 3 aliphatic rings. The van der Waals surface area contributed by atoms with Crippen molar-refractivity contribution in [2.75, 3.05) is 7.11 Å². The Morgan fingerprint density at radius 2 is 0.433 bits per heavy atom. The van der Waals surface area contributed by atoms with E-state index in [0.717, 1.165) is 73.6 Å². The molecule has 8 nitrogen and oxygen atoms in total. The van der Waals surface area contributed by atoms with Gasteiger partial charge < -0.3 is 18.9 Å². The van der Waals surface area contributed by atoms with Crippen molar-refractivity contribution in [3.8, 4) is 113 Å². The molecule has 0 unspecified atom stereocenters. The van der Waals surface area contributed by atoms with Crippen molar-refractivity contribution in [2.45, 2.75) is 17.8 Å². The summed E-state index contributed by atoms with van der Waals surface area (Å²) in [6.45, 7) is 0. The first kappa shape index (κ1) is 76.4. The molecular weight excluding hydrogens is 1550 g/mol. The van der Waals surface area contributed by atoms with Gasteiger partial charge in [-0.05, 0) is 221 Å². The Labute approximate surface area is 735 Å². The van der Waals surface area contributed by atoms with E-state index in [1.54, 1.807) is 31.4 Å². The monoisotopic (exact) mass is 1630 g/mol. The molecule has 600 valence electrons. The van der Waals surface area contributed by atoms with Crippen LogP contribution in [0.5, 0.6) is 40.2 Å². The molecule has 0 saturated carbocycles. The van der Waals surface area contributed by atoms with E-state index in [1.165, 1.54) is 148 Å². The number of fused-ring (bicyclic) bond motifs is 18. The lowest BCUT2D eigenvalue weighted by molar-refractivity contribution is -0.384. The number of non-ortho nitro benzene ring substituents is 1. The van der Waals surface area contributed by atoms with Gasteiger partial charge in [-0.1, -0.05) is 352 Å². The molecule has 0 amide bonds. The number of rotatable bonds is 11. The van der Waals surface area contributed by atoms with Gasteiger partial charge in [-0.15, -0.1) is 0 Å². The van der Waals surface area contributed by atoms with Crippen molar-refractivity contribution >= 4 is 70.3 Å². The van der Waals surface area contributed by atoms with Crippen molar-refractivity contribution in [3.63, 3.8) is 0 Å². The number of benzene rings is 21. The molecule has 0 aliphatic carbocycles. The number of methoxy groups -OCH3 is 1. The van der Waals surface area contributed by atoms with E-state index in [1.807, 2.05) is 36.4 Å². The summed E-state index contributed by atoms with van der Waals surface area (Å²) in [5, 5.41) is 34.7. The molecule has 8 heteroatoms. The lowest BCUT2D eigenvalue weighted by Crippen LogP contribution is -2.13. The number of nitriles is 1. The van der Waals surface area contributed by atoms with Crippen LogP contribution < -0.4 is 18.9 Å². The summed E-state index contributed by atoms with van der Waals surface area (Å²) in [5.41, 5.74) is 25.3. The van der Waals surface area contributed by atoms with Crippen LogP contribution in [0.15, 0.2) is 437 Å². The minimum atomic E-state index is -0.376. The lowest BCUT2D eigenvalue weighted by Gasteiger charge is -2.31. The predicted octanol–water partition coefficient (Wildman–Crippen LogP) is 31.6. The van der Waals surface area contributed by atoms with Crippen LogP contribution in [0.2, 0.25) is 0 Å². The molecule has 0 fully saturated rings. The fourth-order valence-corrected chi connectivity index (χ4v) is 19.2. The lowest BCUT2D eigenvalue weighted by atomic mass is 9.78. The normalized spacial score (nSPS) is 12.4. The Morgan fingerprint density at radius 1 is 0.244 bits per heavy atom. The van der Waals surface area contributed by atoms with Crippen LogP contribution in [-0.2, 0) is 0 Å². The number of nitro groups is 1. The maximum atomic E-state index is 11.0. The third kappa shape index (κ3) is 14.2. The van der Waals surface area contributed by atoms with Crippen LogP contribution in [0.3, 0.4) is 0 Å². The number of ether oxygens (including phenoxy) is 4. The molecule has 3 aliphatic heterocycles. The molecule has 127 heavy (non-hydrogen) atoms. The van der Waals surface area contributed by atoms with E-state index < -0.39 is 0 Å². The zero-order valence-corrected chi connectivity index (χ0v) is 69.1. The second kappa shape index (κ2) is 32.6. The summed E-state index contributed by atoms with van der Waals surface area (Å²) in [4.78, 5) is 10.6. The fraction of sp³-hybridized carbons (Fsp3) is 0.0336. The zero-order valence-electron chi connectivity index (χ0n) is 69.1. The average Bonchev–Trinajstić information content (AvgIpc) is 0.734. The summed E-state index contributed by atoms with van der Waals surface area (Å²) in [7, 11) is 1.69. The largest absolute Gasteiger partial charge is 0.497 e. The maximum Gasteiger partial charge on any atom is 0.269 e. The topological polar surface area (TPSA) is 104 Å². The van der Waals surface area contributed by atoms with Crippen molar-refractivity contribution in [2.24, 2.45) is 0 Å². The first-order valence-electron chi connectivity index (χ1n) is 42.8. The second-order valence-electron chi connectivity index (χ2n) is 32.6. The zero-order chi connectivity index (χ0) is 85.0. The first-order chi connectivity index (χ1) is 62.7. The standard InChI is InChI=1S/C40H25NO.C40H28O2.C39H25NO3/c41-25-26-9-11-27(12-10-26)28-13-15-29(16-14-28)30-17-19-33(20-18-30)38-39-34-7-3-1-5-31(34)21-23-36(39)42-37-24-22-32-6-2-4-8-35(32)40(37)38;1-41-33-22-18-29(19-23-33)27-12-10-26(11-13-27)28-14-16-32(17-15-28)38-39-34-8-4-2-6-30(34)20-24-36(39)42-37-25-21-31-7-3-5-9-35(31)40(37)38;41-40(42)32-21-17-28(18-22-32)26-11-9-25(10-12-26)27-13-15-31(16-14-27)37-38-33-7-3-1-5-29(33)19-23-35(38)43-36-24-20-30-6-2-4-8-34(30)39(36)37/h1-24,38H;2-25,38H,1H3;1-24,37H. The minimum absolute atomic E-state index is 0.00881. The smallest absolute Gasteiger partial charge is 0.269 e. The molecule has 21 aromatic rings. The van der Waals surface area contributed by atoms with Gasteiger partial charge in [0.25, 0.3) is 5.69 Å².